The smallest absolute Gasteiger partial charge is 0.242 e. The van der Waals surface area contributed by atoms with Gasteiger partial charge >= 0.3 is 0 Å². The second-order valence-corrected chi connectivity index (χ2v) is 8.47. The zero-order valence-corrected chi connectivity index (χ0v) is 15.4. The number of carbonyl (C=O) groups excluding carboxylic acids is 1. The maximum atomic E-state index is 12.2. The minimum absolute atomic E-state index is 0.189. The number of piperidine rings is 1. The van der Waals surface area contributed by atoms with Gasteiger partial charge in [-0.25, -0.2) is 12.7 Å². The molecule has 0 bridgehead atoms. The van der Waals surface area contributed by atoms with Crippen LogP contribution < -0.4 is 11.1 Å². The van der Waals surface area contributed by atoms with E-state index in [0.717, 1.165) is 23.7 Å². The molecule has 1 saturated heterocycles. The lowest BCUT2D eigenvalue weighted by atomic mass is 9.98. The van der Waals surface area contributed by atoms with Gasteiger partial charge in [0.1, 0.15) is 0 Å². The van der Waals surface area contributed by atoms with Crippen molar-refractivity contribution in [3.8, 4) is 0 Å². The van der Waals surface area contributed by atoms with Crippen LogP contribution in [0.5, 0.6) is 0 Å². The van der Waals surface area contributed by atoms with E-state index in [-0.39, 0.29) is 16.7 Å². The fraction of sp³-hybridized carbons (Fsp3) is 0.467. The highest BCUT2D eigenvalue weighted by Crippen LogP contribution is 2.20. The number of nitrogens with zero attached hydrogens (tertiary/aromatic N) is 2. The van der Waals surface area contributed by atoms with Gasteiger partial charge in [-0.3, -0.25) is 4.79 Å². The fourth-order valence-corrected chi connectivity index (χ4v) is 3.77. The molecule has 1 aliphatic rings. The van der Waals surface area contributed by atoms with Crippen LogP contribution in [0.3, 0.4) is 0 Å². The monoisotopic (exact) mass is 370 g/mol. The summed E-state index contributed by atoms with van der Waals surface area (Å²) in [5.41, 5.74) is 5.96. The molecule has 1 aromatic rings. The highest BCUT2D eigenvalue weighted by molar-refractivity contribution is 7.89. The van der Waals surface area contributed by atoms with E-state index in [4.69, 9.17) is 18.0 Å². The Balaban J connectivity index is 2.11. The Labute approximate surface area is 147 Å². The van der Waals surface area contributed by atoms with Crippen molar-refractivity contribution in [3.63, 3.8) is 0 Å². The summed E-state index contributed by atoms with van der Waals surface area (Å²) in [6.07, 6.45) is 1.61. The Kier molecular flexibility index (Phi) is 5.79. The van der Waals surface area contributed by atoms with Crippen molar-refractivity contribution in [2.75, 3.05) is 32.5 Å². The number of benzene rings is 1. The number of hydrogen-bond acceptors (Lipinski definition) is 4. The van der Waals surface area contributed by atoms with Gasteiger partial charge in [0.15, 0.2) is 5.11 Å². The van der Waals surface area contributed by atoms with Crippen LogP contribution in [0.15, 0.2) is 29.2 Å². The summed E-state index contributed by atoms with van der Waals surface area (Å²) >= 11 is 5.39. The van der Waals surface area contributed by atoms with Crippen molar-refractivity contribution in [2.45, 2.75) is 17.7 Å². The van der Waals surface area contributed by atoms with Crippen LogP contribution in [-0.2, 0) is 14.8 Å². The molecule has 1 aliphatic heterocycles. The summed E-state index contributed by atoms with van der Waals surface area (Å²) in [5, 5.41) is 3.50. The average Bonchev–Trinajstić information content (AvgIpc) is 2.55. The Bertz CT molecular complexity index is 734. The SMILES string of the molecule is CN(C)S(=O)(=O)c1cccc(NC(=S)N2CCC[C@@H](C(N)=O)C2)c1. The van der Waals surface area contributed by atoms with Crippen LogP contribution in [0.4, 0.5) is 5.69 Å². The van der Waals surface area contributed by atoms with Gasteiger partial charge in [-0.05, 0) is 43.3 Å². The number of anilines is 1. The van der Waals surface area contributed by atoms with E-state index in [1.54, 1.807) is 12.1 Å². The molecule has 1 heterocycles. The number of amides is 1. The van der Waals surface area contributed by atoms with Gasteiger partial charge in [-0.1, -0.05) is 6.07 Å². The third kappa shape index (κ3) is 4.22. The van der Waals surface area contributed by atoms with E-state index >= 15 is 0 Å². The molecule has 0 unspecified atom stereocenters. The molecule has 7 nitrogen and oxygen atoms in total. The molecule has 9 heteroatoms. The number of carbonyl (C=O) groups is 1. The van der Waals surface area contributed by atoms with Crippen LogP contribution >= 0.6 is 12.2 Å². The summed E-state index contributed by atoms with van der Waals surface area (Å²) in [5.74, 6) is -0.527. The van der Waals surface area contributed by atoms with Crippen molar-refractivity contribution in [2.24, 2.45) is 11.7 Å². The minimum atomic E-state index is -3.50. The molecule has 2 rings (SSSR count). The van der Waals surface area contributed by atoms with Crippen molar-refractivity contribution in [3.05, 3.63) is 24.3 Å². The van der Waals surface area contributed by atoms with E-state index in [2.05, 4.69) is 5.32 Å². The average molecular weight is 371 g/mol. The summed E-state index contributed by atoms with van der Waals surface area (Å²) in [6.45, 7) is 1.22. The number of nitrogens with one attached hydrogen (secondary N) is 1. The first kappa shape index (κ1) is 18.6. The maximum Gasteiger partial charge on any atom is 0.242 e. The number of likely N-dealkylation sites (tertiary alicyclic amines) is 1. The lowest BCUT2D eigenvalue weighted by Gasteiger charge is -2.33. The number of rotatable bonds is 4. The molecule has 0 aliphatic carbocycles. The summed E-state index contributed by atoms with van der Waals surface area (Å²) < 4.78 is 25.5. The van der Waals surface area contributed by atoms with Gasteiger partial charge in [-0.15, -0.1) is 0 Å². The van der Waals surface area contributed by atoms with E-state index in [1.165, 1.54) is 26.2 Å². The molecular formula is C15H22N4O3S2. The molecule has 1 atom stereocenters. The standard InChI is InChI=1S/C15H22N4O3S2/c1-18(2)24(21,22)13-7-3-6-12(9-13)17-15(23)19-8-4-5-11(10-19)14(16)20/h3,6-7,9,11H,4-5,8,10H2,1-2H3,(H2,16,20)(H,17,23)/t11-/m1/s1. The lowest BCUT2D eigenvalue weighted by molar-refractivity contribution is -0.122. The molecule has 0 saturated carbocycles. The van der Waals surface area contributed by atoms with Gasteiger partial charge in [-0.2, -0.15) is 0 Å². The van der Waals surface area contributed by atoms with Crippen LogP contribution in [-0.4, -0.2) is 55.8 Å². The molecular weight excluding hydrogens is 348 g/mol. The van der Waals surface area contributed by atoms with Crippen molar-refractivity contribution in [1.82, 2.24) is 9.21 Å². The van der Waals surface area contributed by atoms with Crippen molar-refractivity contribution >= 4 is 38.9 Å². The van der Waals surface area contributed by atoms with E-state index < -0.39 is 10.0 Å². The van der Waals surface area contributed by atoms with Crippen molar-refractivity contribution < 1.29 is 13.2 Å². The first-order valence-corrected chi connectivity index (χ1v) is 9.44. The van der Waals surface area contributed by atoms with Crippen LogP contribution in [0.2, 0.25) is 0 Å². The highest BCUT2D eigenvalue weighted by atomic mass is 32.2. The molecule has 132 valence electrons. The van der Waals surface area contributed by atoms with Crippen LogP contribution in [0, 0.1) is 5.92 Å². The predicted molar refractivity (Wildman–Crippen MR) is 97.0 cm³/mol. The van der Waals surface area contributed by atoms with Gasteiger partial charge in [0.05, 0.1) is 10.8 Å². The molecule has 3 N–H and O–H groups in total. The van der Waals surface area contributed by atoms with Crippen molar-refractivity contribution in [1.29, 1.82) is 0 Å². The molecule has 1 aromatic carbocycles. The zero-order valence-electron chi connectivity index (χ0n) is 13.7. The summed E-state index contributed by atoms with van der Waals surface area (Å²) in [6, 6.07) is 6.48. The number of thiocarbonyl (C=S) groups is 1. The maximum absolute atomic E-state index is 12.2. The predicted octanol–water partition coefficient (Wildman–Crippen LogP) is 0.831. The van der Waals surface area contributed by atoms with Crippen LogP contribution in [0.1, 0.15) is 12.8 Å². The number of hydrogen-bond donors (Lipinski definition) is 2. The second kappa shape index (κ2) is 7.45. The fourth-order valence-electron chi connectivity index (χ4n) is 2.54. The third-order valence-electron chi connectivity index (χ3n) is 3.97. The Morgan fingerprint density at radius 3 is 2.75 bits per heavy atom. The Morgan fingerprint density at radius 1 is 1.42 bits per heavy atom. The molecule has 0 aromatic heterocycles. The molecule has 0 radical (unpaired) electrons. The number of nitrogens with two attached hydrogens (primary N) is 1. The lowest BCUT2D eigenvalue weighted by Crippen LogP contribution is -2.45. The molecule has 24 heavy (non-hydrogen) atoms. The first-order chi connectivity index (χ1) is 11.2. The number of primary amides is 1. The Hall–Kier alpha value is -1.71. The summed E-state index contributed by atoms with van der Waals surface area (Å²) in [7, 11) is -0.537. The Morgan fingerprint density at radius 2 is 2.12 bits per heavy atom. The van der Waals surface area contributed by atoms with Gasteiger partial charge in [0.25, 0.3) is 0 Å². The molecule has 1 fully saturated rings. The van der Waals surface area contributed by atoms with Gasteiger partial charge < -0.3 is 16.0 Å². The third-order valence-corrected chi connectivity index (χ3v) is 6.15. The van der Waals surface area contributed by atoms with Gasteiger partial charge in [0.2, 0.25) is 15.9 Å². The summed E-state index contributed by atoms with van der Waals surface area (Å²) in [4.78, 5) is 13.4. The number of sulfonamides is 1. The molecule has 1 amide bonds. The quantitative estimate of drug-likeness (QED) is 0.762. The molecule has 0 spiro atoms. The zero-order chi connectivity index (χ0) is 17.9. The highest BCUT2D eigenvalue weighted by Gasteiger charge is 2.25. The van der Waals surface area contributed by atoms with Gasteiger partial charge in [0, 0.05) is 32.9 Å². The second-order valence-electron chi connectivity index (χ2n) is 5.93. The van der Waals surface area contributed by atoms with E-state index in [0.29, 0.717) is 17.3 Å². The topological polar surface area (TPSA) is 95.7 Å². The first-order valence-electron chi connectivity index (χ1n) is 7.59. The largest absolute Gasteiger partial charge is 0.369 e. The van der Waals surface area contributed by atoms with E-state index in [9.17, 15) is 13.2 Å². The van der Waals surface area contributed by atoms with Crippen LogP contribution in [0.25, 0.3) is 0 Å². The normalized spacial score (nSPS) is 18.5. The van der Waals surface area contributed by atoms with E-state index in [1.807, 2.05) is 4.90 Å². The minimum Gasteiger partial charge on any atom is -0.369 e.